The molecule has 4 heteroatoms. The fourth-order valence-electron chi connectivity index (χ4n) is 1.72. The van der Waals surface area contributed by atoms with Gasteiger partial charge in [-0.3, -0.25) is 4.79 Å². The molecule has 0 aliphatic rings. The van der Waals surface area contributed by atoms with Gasteiger partial charge in [-0.1, -0.05) is 6.07 Å². The predicted molar refractivity (Wildman–Crippen MR) is 76.6 cm³/mol. The van der Waals surface area contributed by atoms with Crippen LogP contribution in [0, 0.1) is 5.82 Å². The zero-order chi connectivity index (χ0) is 14.5. The van der Waals surface area contributed by atoms with Crippen LogP contribution in [-0.2, 0) is 0 Å². The average molecular weight is 273 g/mol. The Morgan fingerprint density at radius 2 is 1.85 bits per heavy atom. The largest absolute Gasteiger partial charge is 0.491 e. The predicted octanol–water partition coefficient (Wildman–Crippen LogP) is 3.87. The first-order chi connectivity index (χ1) is 9.54. The molecule has 0 fully saturated rings. The summed E-state index contributed by atoms with van der Waals surface area (Å²) in [6.45, 7) is 3.89. The Kier molecular flexibility index (Phi) is 4.35. The molecule has 0 atom stereocenters. The molecule has 0 heterocycles. The Balaban J connectivity index is 2.04. The van der Waals surface area contributed by atoms with Gasteiger partial charge >= 0.3 is 0 Å². The number of hydrogen-bond donors (Lipinski definition) is 1. The number of ether oxygens (including phenoxy) is 1. The number of carbonyl (C=O) groups is 1. The molecule has 3 nitrogen and oxygen atoms in total. The molecule has 0 aliphatic carbocycles. The summed E-state index contributed by atoms with van der Waals surface area (Å²) < 4.78 is 18.6. The van der Waals surface area contributed by atoms with E-state index in [1.54, 1.807) is 30.3 Å². The van der Waals surface area contributed by atoms with Crippen molar-refractivity contribution in [3.63, 3.8) is 0 Å². The second kappa shape index (κ2) is 6.19. The SMILES string of the molecule is CC(C)Oc1ccc(NC(=O)c2cccc(F)c2)cc1. The summed E-state index contributed by atoms with van der Waals surface area (Å²) in [5.41, 5.74) is 0.919. The topological polar surface area (TPSA) is 38.3 Å². The lowest BCUT2D eigenvalue weighted by atomic mass is 10.2. The van der Waals surface area contributed by atoms with Crippen LogP contribution >= 0.6 is 0 Å². The molecular formula is C16H16FNO2. The van der Waals surface area contributed by atoms with E-state index in [1.807, 2.05) is 13.8 Å². The standard InChI is InChI=1S/C16H16FNO2/c1-11(2)20-15-8-6-14(7-9-15)18-16(19)12-4-3-5-13(17)10-12/h3-11H,1-2H3,(H,18,19). The zero-order valence-electron chi connectivity index (χ0n) is 11.4. The van der Waals surface area contributed by atoms with Crippen LogP contribution in [0.15, 0.2) is 48.5 Å². The molecular weight excluding hydrogens is 257 g/mol. The smallest absolute Gasteiger partial charge is 0.255 e. The maximum atomic E-state index is 13.0. The quantitative estimate of drug-likeness (QED) is 0.918. The van der Waals surface area contributed by atoms with Gasteiger partial charge in [-0.25, -0.2) is 4.39 Å². The lowest BCUT2D eigenvalue weighted by Crippen LogP contribution is -2.12. The van der Waals surface area contributed by atoms with Crippen LogP contribution in [0.3, 0.4) is 0 Å². The number of rotatable bonds is 4. The fourth-order valence-corrected chi connectivity index (χ4v) is 1.72. The summed E-state index contributed by atoms with van der Waals surface area (Å²) >= 11 is 0. The van der Waals surface area contributed by atoms with Gasteiger partial charge in [-0.05, 0) is 56.3 Å². The minimum Gasteiger partial charge on any atom is -0.491 e. The maximum absolute atomic E-state index is 13.0. The van der Waals surface area contributed by atoms with Crippen LogP contribution in [0.4, 0.5) is 10.1 Å². The van der Waals surface area contributed by atoms with E-state index in [4.69, 9.17) is 4.74 Å². The van der Waals surface area contributed by atoms with Gasteiger partial charge in [0, 0.05) is 11.3 Å². The number of amides is 1. The van der Waals surface area contributed by atoms with E-state index in [9.17, 15) is 9.18 Å². The van der Waals surface area contributed by atoms with Gasteiger partial charge in [-0.15, -0.1) is 0 Å². The van der Waals surface area contributed by atoms with Crippen molar-refractivity contribution < 1.29 is 13.9 Å². The number of halogens is 1. The highest BCUT2D eigenvalue weighted by Gasteiger charge is 2.07. The lowest BCUT2D eigenvalue weighted by molar-refractivity contribution is 0.102. The molecule has 1 amide bonds. The molecule has 0 bridgehead atoms. The normalized spacial score (nSPS) is 10.4. The van der Waals surface area contributed by atoms with E-state index < -0.39 is 5.82 Å². The van der Waals surface area contributed by atoms with Gasteiger partial charge in [0.25, 0.3) is 5.91 Å². The fraction of sp³-hybridized carbons (Fsp3) is 0.188. The molecule has 2 rings (SSSR count). The highest BCUT2D eigenvalue weighted by molar-refractivity contribution is 6.04. The summed E-state index contributed by atoms with van der Waals surface area (Å²) in [5.74, 6) is -0.0379. The number of carbonyl (C=O) groups excluding carboxylic acids is 1. The first kappa shape index (κ1) is 14.1. The molecule has 2 aromatic rings. The third kappa shape index (κ3) is 3.82. The van der Waals surface area contributed by atoms with Crippen LogP contribution in [-0.4, -0.2) is 12.0 Å². The molecule has 0 unspecified atom stereocenters. The molecule has 2 aromatic carbocycles. The first-order valence-electron chi connectivity index (χ1n) is 6.38. The van der Waals surface area contributed by atoms with Gasteiger partial charge in [-0.2, -0.15) is 0 Å². The molecule has 0 saturated carbocycles. The Morgan fingerprint density at radius 3 is 2.45 bits per heavy atom. The summed E-state index contributed by atoms with van der Waals surface area (Å²) in [6, 6.07) is 12.6. The van der Waals surface area contributed by atoms with Gasteiger partial charge in [0.2, 0.25) is 0 Å². The molecule has 0 aromatic heterocycles. The van der Waals surface area contributed by atoms with Gasteiger partial charge in [0.1, 0.15) is 11.6 Å². The molecule has 1 N–H and O–H groups in total. The molecule has 0 radical (unpaired) electrons. The van der Waals surface area contributed by atoms with Gasteiger partial charge in [0.15, 0.2) is 0 Å². The maximum Gasteiger partial charge on any atom is 0.255 e. The van der Waals surface area contributed by atoms with Crippen LogP contribution < -0.4 is 10.1 Å². The molecule has 20 heavy (non-hydrogen) atoms. The molecule has 104 valence electrons. The number of nitrogens with one attached hydrogen (secondary N) is 1. The van der Waals surface area contributed by atoms with E-state index in [0.717, 1.165) is 5.75 Å². The summed E-state index contributed by atoms with van der Waals surface area (Å²) in [5, 5.41) is 2.70. The highest BCUT2D eigenvalue weighted by Crippen LogP contribution is 2.17. The Hall–Kier alpha value is -2.36. The van der Waals surface area contributed by atoms with Gasteiger partial charge in [0.05, 0.1) is 6.10 Å². The molecule has 0 aliphatic heterocycles. The second-order valence-electron chi connectivity index (χ2n) is 4.66. The Bertz CT molecular complexity index is 594. The lowest BCUT2D eigenvalue weighted by Gasteiger charge is -2.10. The number of benzene rings is 2. The monoisotopic (exact) mass is 273 g/mol. The minimum atomic E-state index is -0.432. The number of anilines is 1. The van der Waals surface area contributed by atoms with E-state index in [1.165, 1.54) is 18.2 Å². The molecule has 0 saturated heterocycles. The van der Waals surface area contributed by atoms with E-state index in [0.29, 0.717) is 5.69 Å². The van der Waals surface area contributed by atoms with Crippen LogP contribution in [0.25, 0.3) is 0 Å². The third-order valence-electron chi connectivity index (χ3n) is 2.57. The summed E-state index contributed by atoms with van der Waals surface area (Å²) in [6.07, 6.45) is 0.0998. The van der Waals surface area contributed by atoms with Crippen molar-refractivity contribution in [3.8, 4) is 5.75 Å². The van der Waals surface area contributed by atoms with E-state index >= 15 is 0 Å². The third-order valence-corrected chi connectivity index (χ3v) is 2.57. The van der Waals surface area contributed by atoms with Crippen molar-refractivity contribution in [3.05, 3.63) is 59.9 Å². The highest BCUT2D eigenvalue weighted by atomic mass is 19.1. The summed E-state index contributed by atoms with van der Waals surface area (Å²) in [7, 11) is 0. The minimum absolute atomic E-state index is 0.0998. The second-order valence-corrected chi connectivity index (χ2v) is 4.66. The van der Waals surface area contributed by atoms with E-state index in [2.05, 4.69) is 5.32 Å². The van der Waals surface area contributed by atoms with Crippen molar-refractivity contribution in [2.24, 2.45) is 0 Å². The van der Waals surface area contributed by atoms with Crippen LogP contribution in [0.1, 0.15) is 24.2 Å². The van der Waals surface area contributed by atoms with Crippen molar-refractivity contribution in [2.75, 3.05) is 5.32 Å². The summed E-state index contributed by atoms with van der Waals surface area (Å²) in [4.78, 5) is 11.9. The Morgan fingerprint density at radius 1 is 1.15 bits per heavy atom. The molecule has 0 spiro atoms. The zero-order valence-corrected chi connectivity index (χ0v) is 11.4. The Labute approximate surface area is 117 Å². The van der Waals surface area contributed by atoms with Crippen molar-refractivity contribution in [2.45, 2.75) is 20.0 Å². The average Bonchev–Trinajstić information content (AvgIpc) is 2.40. The van der Waals surface area contributed by atoms with Gasteiger partial charge < -0.3 is 10.1 Å². The van der Waals surface area contributed by atoms with Crippen molar-refractivity contribution in [1.82, 2.24) is 0 Å². The van der Waals surface area contributed by atoms with Crippen LogP contribution in [0.5, 0.6) is 5.75 Å². The van der Waals surface area contributed by atoms with Crippen molar-refractivity contribution >= 4 is 11.6 Å². The number of hydrogen-bond acceptors (Lipinski definition) is 2. The van der Waals surface area contributed by atoms with Crippen molar-refractivity contribution in [1.29, 1.82) is 0 Å². The van der Waals surface area contributed by atoms with E-state index in [-0.39, 0.29) is 17.6 Å². The first-order valence-corrected chi connectivity index (χ1v) is 6.38. The van der Waals surface area contributed by atoms with Crippen LogP contribution in [0.2, 0.25) is 0 Å².